The normalized spacial score (nSPS) is 10.6. The van der Waals surface area contributed by atoms with Gasteiger partial charge in [-0.1, -0.05) is 19.9 Å². The molecule has 0 aliphatic heterocycles. The predicted molar refractivity (Wildman–Crippen MR) is 81.6 cm³/mol. The molecular weight excluding hydrogens is 272 g/mol. The number of carbonyl (C=O) groups is 1. The van der Waals surface area contributed by atoms with Gasteiger partial charge in [0, 0.05) is 16.6 Å². The van der Waals surface area contributed by atoms with Gasteiger partial charge in [-0.3, -0.25) is 10.1 Å². The Hall–Kier alpha value is -1.88. The summed E-state index contributed by atoms with van der Waals surface area (Å²) in [7, 11) is 0. The fourth-order valence-corrected chi connectivity index (χ4v) is 2.23. The first kappa shape index (κ1) is 14.5. The van der Waals surface area contributed by atoms with Crippen molar-refractivity contribution in [1.82, 2.24) is 4.98 Å². The van der Waals surface area contributed by atoms with Crippen LogP contribution in [0.4, 0.5) is 5.13 Å². The van der Waals surface area contributed by atoms with Gasteiger partial charge in [-0.05, 0) is 31.0 Å². The molecule has 0 saturated heterocycles. The predicted octanol–water partition coefficient (Wildman–Crippen LogP) is 3.74. The van der Waals surface area contributed by atoms with Crippen molar-refractivity contribution in [2.45, 2.75) is 20.8 Å². The van der Waals surface area contributed by atoms with Crippen molar-refractivity contribution >= 4 is 22.4 Å². The average Bonchev–Trinajstić information content (AvgIpc) is 2.82. The Kier molecular flexibility index (Phi) is 4.74. The third-order valence-electron chi connectivity index (χ3n) is 2.52. The topological polar surface area (TPSA) is 51.2 Å². The van der Waals surface area contributed by atoms with Crippen molar-refractivity contribution < 1.29 is 9.53 Å². The van der Waals surface area contributed by atoms with E-state index in [4.69, 9.17) is 4.74 Å². The number of nitrogens with zero attached hydrogens (tertiary/aromatic N) is 1. The second kappa shape index (κ2) is 6.52. The Labute approximate surface area is 122 Å². The lowest BCUT2D eigenvalue weighted by atomic mass is 10.2. The number of hydrogen-bond acceptors (Lipinski definition) is 4. The van der Waals surface area contributed by atoms with Gasteiger partial charge in [0.25, 0.3) is 5.91 Å². The lowest BCUT2D eigenvalue weighted by Crippen LogP contribution is -2.12. The lowest BCUT2D eigenvalue weighted by molar-refractivity contribution is 0.102. The van der Waals surface area contributed by atoms with E-state index in [1.54, 1.807) is 18.3 Å². The standard InChI is InChI=1S/C15H18N2O2S/c1-10(2)9-19-13-6-4-5-12(7-13)14(18)17-15-16-8-11(3)20-15/h4-8,10H,9H2,1-3H3,(H,16,17,18). The van der Waals surface area contributed by atoms with E-state index in [0.717, 1.165) is 4.88 Å². The van der Waals surface area contributed by atoms with Gasteiger partial charge in [0.2, 0.25) is 0 Å². The molecule has 2 aromatic rings. The number of aromatic nitrogens is 1. The lowest BCUT2D eigenvalue weighted by Gasteiger charge is -2.09. The molecule has 0 unspecified atom stereocenters. The maximum absolute atomic E-state index is 12.1. The summed E-state index contributed by atoms with van der Waals surface area (Å²) in [6.07, 6.45) is 1.74. The highest BCUT2D eigenvalue weighted by molar-refractivity contribution is 7.15. The Bertz CT molecular complexity index is 593. The first-order chi connectivity index (χ1) is 9.54. The van der Waals surface area contributed by atoms with E-state index in [1.807, 2.05) is 19.1 Å². The van der Waals surface area contributed by atoms with E-state index >= 15 is 0 Å². The van der Waals surface area contributed by atoms with Crippen molar-refractivity contribution in [2.24, 2.45) is 5.92 Å². The zero-order chi connectivity index (χ0) is 14.5. The number of nitrogens with one attached hydrogen (secondary N) is 1. The molecule has 1 heterocycles. The summed E-state index contributed by atoms with van der Waals surface area (Å²) in [5.41, 5.74) is 0.569. The molecule has 0 aliphatic rings. The fraction of sp³-hybridized carbons (Fsp3) is 0.333. The van der Waals surface area contributed by atoms with Crippen LogP contribution in [0.25, 0.3) is 0 Å². The molecule has 1 aromatic heterocycles. The third kappa shape index (κ3) is 4.06. The summed E-state index contributed by atoms with van der Waals surface area (Å²) < 4.78 is 5.62. The van der Waals surface area contributed by atoms with Crippen molar-refractivity contribution in [3.63, 3.8) is 0 Å². The van der Waals surface area contributed by atoms with Crippen LogP contribution < -0.4 is 10.1 Å². The van der Waals surface area contributed by atoms with Gasteiger partial charge < -0.3 is 4.74 Å². The summed E-state index contributed by atoms with van der Waals surface area (Å²) >= 11 is 1.45. The first-order valence-electron chi connectivity index (χ1n) is 6.51. The van der Waals surface area contributed by atoms with Gasteiger partial charge in [-0.25, -0.2) is 4.98 Å². The first-order valence-corrected chi connectivity index (χ1v) is 7.33. The van der Waals surface area contributed by atoms with Crippen LogP contribution >= 0.6 is 11.3 Å². The number of carbonyl (C=O) groups excluding carboxylic acids is 1. The largest absolute Gasteiger partial charge is 0.493 e. The number of ether oxygens (including phenoxy) is 1. The fourth-order valence-electron chi connectivity index (χ4n) is 1.57. The third-order valence-corrected chi connectivity index (χ3v) is 3.35. The smallest absolute Gasteiger partial charge is 0.257 e. The molecule has 0 spiro atoms. The minimum atomic E-state index is -0.172. The minimum Gasteiger partial charge on any atom is -0.493 e. The maximum atomic E-state index is 12.1. The monoisotopic (exact) mass is 290 g/mol. The molecule has 1 N–H and O–H groups in total. The van der Waals surface area contributed by atoms with Gasteiger partial charge in [0.15, 0.2) is 5.13 Å². The molecule has 4 nitrogen and oxygen atoms in total. The second-order valence-electron chi connectivity index (χ2n) is 4.96. The molecule has 2 rings (SSSR count). The summed E-state index contributed by atoms with van der Waals surface area (Å²) in [6.45, 7) is 6.76. The highest BCUT2D eigenvalue weighted by atomic mass is 32.1. The van der Waals surface area contributed by atoms with Crippen molar-refractivity contribution in [2.75, 3.05) is 11.9 Å². The number of hydrogen-bond donors (Lipinski definition) is 1. The zero-order valence-corrected chi connectivity index (χ0v) is 12.7. The van der Waals surface area contributed by atoms with E-state index < -0.39 is 0 Å². The molecule has 0 fully saturated rings. The summed E-state index contributed by atoms with van der Waals surface area (Å²) in [5.74, 6) is 0.988. The highest BCUT2D eigenvalue weighted by Gasteiger charge is 2.09. The maximum Gasteiger partial charge on any atom is 0.257 e. The summed E-state index contributed by atoms with van der Waals surface area (Å²) in [5, 5.41) is 3.40. The number of amides is 1. The summed E-state index contributed by atoms with van der Waals surface area (Å²) in [4.78, 5) is 17.3. The van der Waals surface area contributed by atoms with E-state index in [2.05, 4.69) is 24.1 Å². The number of thiazole rings is 1. The Morgan fingerprint density at radius 1 is 1.45 bits per heavy atom. The summed E-state index contributed by atoms with van der Waals surface area (Å²) in [6, 6.07) is 7.18. The van der Waals surface area contributed by atoms with Crippen LogP contribution in [0.3, 0.4) is 0 Å². The van der Waals surface area contributed by atoms with E-state index in [9.17, 15) is 4.79 Å². The molecule has 106 valence electrons. The van der Waals surface area contributed by atoms with Gasteiger partial charge >= 0.3 is 0 Å². The van der Waals surface area contributed by atoms with Gasteiger partial charge in [0.1, 0.15) is 5.75 Å². The Balaban J connectivity index is 2.04. The van der Waals surface area contributed by atoms with Crippen LogP contribution in [0.5, 0.6) is 5.75 Å². The molecule has 0 atom stereocenters. The minimum absolute atomic E-state index is 0.172. The number of rotatable bonds is 5. The molecule has 0 saturated carbocycles. The van der Waals surface area contributed by atoms with E-state index in [1.165, 1.54) is 11.3 Å². The molecule has 1 amide bonds. The molecule has 0 radical (unpaired) electrons. The van der Waals surface area contributed by atoms with Crippen molar-refractivity contribution in [3.8, 4) is 5.75 Å². The van der Waals surface area contributed by atoms with Crippen molar-refractivity contribution in [3.05, 3.63) is 40.9 Å². The Morgan fingerprint density at radius 2 is 2.25 bits per heavy atom. The van der Waals surface area contributed by atoms with Crippen LogP contribution in [0.1, 0.15) is 29.1 Å². The van der Waals surface area contributed by atoms with Crippen LogP contribution in [0.2, 0.25) is 0 Å². The molecular formula is C15H18N2O2S. The van der Waals surface area contributed by atoms with Gasteiger partial charge in [-0.2, -0.15) is 0 Å². The highest BCUT2D eigenvalue weighted by Crippen LogP contribution is 2.19. The van der Waals surface area contributed by atoms with Gasteiger partial charge in [-0.15, -0.1) is 11.3 Å². The second-order valence-corrected chi connectivity index (χ2v) is 6.20. The SMILES string of the molecule is Cc1cnc(NC(=O)c2cccc(OCC(C)C)c2)s1. The average molecular weight is 290 g/mol. The molecule has 20 heavy (non-hydrogen) atoms. The number of benzene rings is 1. The quantitative estimate of drug-likeness (QED) is 0.912. The van der Waals surface area contributed by atoms with Crippen LogP contribution in [0, 0.1) is 12.8 Å². The van der Waals surface area contributed by atoms with Crippen LogP contribution in [-0.4, -0.2) is 17.5 Å². The van der Waals surface area contributed by atoms with Gasteiger partial charge in [0.05, 0.1) is 6.61 Å². The number of anilines is 1. The molecule has 1 aromatic carbocycles. The van der Waals surface area contributed by atoms with Crippen molar-refractivity contribution in [1.29, 1.82) is 0 Å². The Morgan fingerprint density at radius 3 is 2.90 bits per heavy atom. The van der Waals surface area contributed by atoms with Crippen LogP contribution in [0.15, 0.2) is 30.5 Å². The van der Waals surface area contributed by atoms with Crippen LogP contribution in [-0.2, 0) is 0 Å². The molecule has 0 aliphatic carbocycles. The molecule has 0 bridgehead atoms. The van der Waals surface area contributed by atoms with E-state index in [0.29, 0.717) is 29.0 Å². The zero-order valence-electron chi connectivity index (χ0n) is 11.8. The number of aryl methyl sites for hydroxylation is 1. The molecule has 5 heteroatoms. The van der Waals surface area contributed by atoms with E-state index in [-0.39, 0.29) is 5.91 Å².